The summed E-state index contributed by atoms with van der Waals surface area (Å²) in [5, 5.41) is 0.547. The number of hydrogen-bond donors (Lipinski definition) is 1. The van der Waals surface area contributed by atoms with Crippen LogP contribution in [0, 0.1) is 0 Å². The predicted octanol–water partition coefficient (Wildman–Crippen LogP) is 2.57. The molecule has 1 heterocycles. The molecule has 0 aliphatic carbocycles. The van der Waals surface area contributed by atoms with Gasteiger partial charge in [0.05, 0.1) is 18.8 Å². The molecule has 0 aliphatic rings. The lowest BCUT2D eigenvalue weighted by molar-refractivity contribution is 0.222. The molecule has 2 rings (SSSR count). The van der Waals surface area contributed by atoms with Gasteiger partial charge in [0.1, 0.15) is 5.75 Å². The van der Waals surface area contributed by atoms with Crippen molar-refractivity contribution in [1.29, 1.82) is 0 Å². The molecular weight excluding hydrogens is 280 g/mol. The first-order valence-electron chi connectivity index (χ1n) is 6.01. The van der Waals surface area contributed by atoms with E-state index in [4.69, 9.17) is 26.8 Å². The van der Waals surface area contributed by atoms with Gasteiger partial charge in [0.25, 0.3) is 0 Å². The lowest BCUT2D eigenvalue weighted by Crippen LogP contribution is -2.11. The van der Waals surface area contributed by atoms with Crippen molar-refractivity contribution in [3.05, 3.63) is 23.2 Å². The topological polar surface area (TPSA) is 83.2 Å². The zero-order valence-electron chi connectivity index (χ0n) is 11.4. The Hall–Kier alpha value is -2.08. The van der Waals surface area contributed by atoms with Gasteiger partial charge in [0.2, 0.25) is 5.95 Å². The largest absolute Gasteiger partial charge is 0.496 e. The highest BCUT2D eigenvalue weighted by atomic mass is 35.5. The highest BCUT2D eigenvalue weighted by Crippen LogP contribution is 2.31. The average molecular weight is 295 g/mol. The monoisotopic (exact) mass is 294 g/mol. The Morgan fingerprint density at radius 1 is 1.20 bits per heavy atom. The van der Waals surface area contributed by atoms with Crippen LogP contribution in [0.3, 0.4) is 0 Å². The van der Waals surface area contributed by atoms with E-state index in [1.54, 1.807) is 25.3 Å². The first-order chi connectivity index (χ1) is 9.49. The highest BCUT2D eigenvalue weighted by Gasteiger charge is 2.13. The zero-order valence-corrected chi connectivity index (χ0v) is 12.2. The molecule has 0 radical (unpaired) electrons. The maximum atomic E-state index is 6.00. The summed E-state index contributed by atoms with van der Waals surface area (Å²) in [5.41, 5.74) is 6.31. The number of anilines is 1. The second-order valence-corrected chi connectivity index (χ2v) is 4.75. The van der Waals surface area contributed by atoms with E-state index in [1.165, 1.54) is 0 Å². The summed E-state index contributed by atoms with van der Waals surface area (Å²) in [6.07, 6.45) is -0.0640. The number of methoxy groups -OCH3 is 1. The van der Waals surface area contributed by atoms with E-state index in [0.29, 0.717) is 22.2 Å². The third-order valence-electron chi connectivity index (χ3n) is 2.38. The third kappa shape index (κ3) is 3.27. The van der Waals surface area contributed by atoms with Gasteiger partial charge in [-0.3, -0.25) is 0 Å². The summed E-state index contributed by atoms with van der Waals surface area (Å²) in [5.74, 6) is 1.02. The lowest BCUT2D eigenvalue weighted by Gasteiger charge is -2.11. The second kappa shape index (κ2) is 5.92. The van der Waals surface area contributed by atoms with E-state index in [-0.39, 0.29) is 18.1 Å². The number of rotatable bonds is 4. The summed E-state index contributed by atoms with van der Waals surface area (Å²) < 4.78 is 10.7. The van der Waals surface area contributed by atoms with Crippen LogP contribution in [0.25, 0.3) is 11.4 Å². The number of nitrogens with two attached hydrogens (primary N) is 1. The van der Waals surface area contributed by atoms with Crippen LogP contribution in [-0.2, 0) is 0 Å². The predicted molar refractivity (Wildman–Crippen MR) is 77.0 cm³/mol. The Balaban J connectivity index is 2.51. The minimum Gasteiger partial charge on any atom is -0.496 e. The van der Waals surface area contributed by atoms with E-state index in [0.717, 1.165) is 0 Å². The van der Waals surface area contributed by atoms with Crippen molar-refractivity contribution in [2.24, 2.45) is 0 Å². The van der Waals surface area contributed by atoms with E-state index in [1.807, 2.05) is 13.8 Å². The highest BCUT2D eigenvalue weighted by molar-refractivity contribution is 6.30. The Labute approximate surface area is 121 Å². The average Bonchev–Trinajstić information content (AvgIpc) is 2.37. The molecule has 1 aromatic heterocycles. The molecule has 0 aliphatic heterocycles. The number of aromatic nitrogens is 3. The van der Waals surface area contributed by atoms with Crippen LogP contribution >= 0.6 is 11.6 Å². The quantitative estimate of drug-likeness (QED) is 0.933. The van der Waals surface area contributed by atoms with Crippen LogP contribution in [0.4, 0.5) is 5.95 Å². The summed E-state index contributed by atoms with van der Waals surface area (Å²) in [7, 11) is 1.56. The third-order valence-corrected chi connectivity index (χ3v) is 2.61. The minimum absolute atomic E-state index is 0.0640. The lowest BCUT2D eigenvalue weighted by atomic mass is 10.2. The number of nitrogens with zero attached hydrogens (tertiary/aromatic N) is 3. The van der Waals surface area contributed by atoms with Crippen molar-refractivity contribution >= 4 is 17.5 Å². The molecule has 7 heteroatoms. The molecule has 1 aromatic carbocycles. The number of hydrogen-bond acceptors (Lipinski definition) is 6. The number of nitrogen functional groups attached to an aromatic ring is 1. The van der Waals surface area contributed by atoms with Crippen molar-refractivity contribution in [3.8, 4) is 23.1 Å². The molecule has 0 saturated carbocycles. The summed E-state index contributed by atoms with van der Waals surface area (Å²) in [6.45, 7) is 3.75. The molecule has 20 heavy (non-hydrogen) atoms. The molecule has 6 nitrogen and oxygen atoms in total. The van der Waals surface area contributed by atoms with E-state index >= 15 is 0 Å². The first kappa shape index (κ1) is 14.3. The molecule has 0 saturated heterocycles. The molecule has 0 bridgehead atoms. The molecule has 0 fully saturated rings. The van der Waals surface area contributed by atoms with Crippen LogP contribution in [0.1, 0.15) is 13.8 Å². The minimum atomic E-state index is -0.0640. The van der Waals surface area contributed by atoms with Crippen LogP contribution in [0.15, 0.2) is 18.2 Å². The Kier molecular flexibility index (Phi) is 4.24. The maximum absolute atomic E-state index is 6.00. The molecule has 0 unspecified atom stereocenters. The Morgan fingerprint density at radius 2 is 1.95 bits per heavy atom. The number of benzene rings is 1. The van der Waals surface area contributed by atoms with Crippen LogP contribution in [0.2, 0.25) is 5.02 Å². The summed E-state index contributed by atoms with van der Waals surface area (Å²) >= 11 is 6.00. The van der Waals surface area contributed by atoms with Crippen molar-refractivity contribution in [1.82, 2.24) is 15.0 Å². The summed E-state index contributed by atoms with van der Waals surface area (Å²) in [6, 6.07) is 5.33. The van der Waals surface area contributed by atoms with Crippen molar-refractivity contribution in [2.75, 3.05) is 12.8 Å². The van der Waals surface area contributed by atoms with Gasteiger partial charge in [-0.2, -0.15) is 15.0 Å². The van der Waals surface area contributed by atoms with Gasteiger partial charge in [-0.05, 0) is 32.0 Å². The molecule has 0 atom stereocenters. The molecule has 0 spiro atoms. The number of halogens is 1. The van der Waals surface area contributed by atoms with Gasteiger partial charge >= 0.3 is 6.01 Å². The molecule has 106 valence electrons. The van der Waals surface area contributed by atoms with Crippen molar-refractivity contribution < 1.29 is 9.47 Å². The van der Waals surface area contributed by atoms with Gasteiger partial charge < -0.3 is 15.2 Å². The van der Waals surface area contributed by atoms with Gasteiger partial charge in [-0.15, -0.1) is 0 Å². The molecule has 2 aromatic rings. The summed E-state index contributed by atoms with van der Waals surface area (Å²) in [4.78, 5) is 12.3. The van der Waals surface area contributed by atoms with Gasteiger partial charge in [0, 0.05) is 5.02 Å². The Morgan fingerprint density at radius 3 is 2.60 bits per heavy atom. The fourth-order valence-corrected chi connectivity index (χ4v) is 1.78. The number of ether oxygens (including phenoxy) is 2. The molecule has 2 N–H and O–H groups in total. The van der Waals surface area contributed by atoms with Gasteiger partial charge in [-0.1, -0.05) is 11.6 Å². The van der Waals surface area contributed by atoms with Crippen molar-refractivity contribution in [2.45, 2.75) is 20.0 Å². The first-order valence-corrected chi connectivity index (χ1v) is 6.39. The van der Waals surface area contributed by atoms with Crippen LogP contribution in [0.5, 0.6) is 11.8 Å². The second-order valence-electron chi connectivity index (χ2n) is 4.31. The Bertz CT molecular complexity index is 619. The fraction of sp³-hybridized carbons (Fsp3) is 0.308. The zero-order chi connectivity index (χ0) is 14.7. The molecule has 0 amide bonds. The smallest absolute Gasteiger partial charge is 0.322 e. The molecular formula is C13H15ClN4O2. The van der Waals surface area contributed by atoms with Gasteiger partial charge in [-0.25, -0.2) is 0 Å². The van der Waals surface area contributed by atoms with Crippen LogP contribution in [-0.4, -0.2) is 28.2 Å². The van der Waals surface area contributed by atoms with Crippen LogP contribution < -0.4 is 15.2 Å². The standard InChI is InChI=1S/C13H15ClN4O2/c1-7(2)20-13-17-11(16-12(15)18-13)9-6-8(14)4-5-10(9)19-3/h4-7H,1-3H3,(H2,15,16,17,18). The van der Waals surface area contributed by atoms with Crippen molar-refractivity contribution in [3.63, 3.8) is 0 Å². The maximum Gasteiger partial charge on any atom is 0.322 e. The van der Waals surface area contributed by atoms with E-state index in [2.05, 4.69) is 15.0 Å². The van der Waals surface area contributed by atoms with E-state index < -0.39 is 0 Å². The SMILES string of the molecule is COc1ccc(Cl)cc1-c1nc(N)nc(OC(C)C)n1. The normalized spacial score (nSPS) is 10.7. The van der Waals surface area contributed by atoms with E-state index in [9.17, 15) is 0 Å². The fourth-order valence-electron chi connectivity index (χ4n) is 1.61. The van der Waals surface area contributed by atoms with Gasteiger partial charge in [0.15, 0.2) is 5.82 Å².